The first kappa shape index (κ1) is 10.7. The average molecular weight is 245 g/mol. The molecular weight excluding hydrogens is 236 g/mol. The fourth-order valence-corrected chi connectivity index (χ4v) is 1.83. The van der Waals surface area contributed by atoms with Gasteiger partial charge in [0.1, 0.15) is 17.5 Å². The van der Waals surface area contributed by atoms with E-state index in [9.17, 15) is 8.78 Å². The third-order valence-corrected chi connectivity index (χ3v) is 2.69. The summed E-state index contributed by atoms with van der Waals surface area (Å²) in [7, 11) is 0. The van der Waals surface area contributed by atoms with Crippen LogP contribution in [0.4, 0.5) is 14.5 Å². The van der Waals surface area contributed by atoms with Crippen LogP contribution in [0.25, 0.3) is 22.4 Å². The van der Waals surface area contributed by atoms with E-state index >= 15 is 0 Å². The molecule has 0 unspecified atom stereocenters. The second-order valence-electron chi connectivity index (χ2n) is 3.99. The van der Waals surface area contributed by atoms with Gasteiger partial charge in [-0.15, -0.1) is 0 Å². The Kier molecular flexibility index (Phi) is 2.26. The first-order chi connectivity index (χ1) is 8.63. The minimum Gasteiger partial charge on any atom is -0.399 e. The maximum absolute atomic E-state index is 13.7. The Morgan fingerprint density at radius 1 is 1.06 bits per heavy atom. The summed E-state index contributed by atoms with van der Waals surface area (Å²) in [6.45, 7) is 0. The van der Waals surface area contributed by atoms with Crippen molar-refractivity contribution in [3.8, 4) is 11.4 Å². The number of fused-ring (bicyclic) bond motifs is 1. The van der Waals surface area contributed by atoms with E-state index in [-0.39, 0.29) is 11.4 Å². The van der Waals surface area contributed by atoms with E-state index in [1.165, 1.54) is 36.4 Å². The molecule has 0 aliphatic rings. The zero-order chi connectivity index (χ0) is 12.7. The van der Waals surface area contributed by atoms with Crippen LogP contribution < -0.4 is 5.73 Å². The number of nitrogens with zero attached hydrogens (tertiary/aromatic N) is 1. The molecule has 3 N–H and O–H groups in total. The molecule has 1 aromatic heterocycles. The summed E-state index contributed by atoms with van der Waals surface area (Å²) in [6.07, 6.45) is 0. The van der Waals surface area contributed by atoms with Gasteiger partial charge in [-0.25, -0.2) is 13.8 Å². The average Bonchev–Trinajstić information content (AvgIpc) is 2.74. The van der Waals surface area contributed by atoms with E-state index in [2.05, 4.69) is 9.97 Å². The molecule has 3 nitrogen and oxygen atoms in total. The van der Waals surface area contributed by atoms with E-state index in [0.717, 1.165) is 0 Å². The Balaban J connectivity index is 2.22. The molecule has 0 saturated heterocycles. The van der Waals surface area contributed by atoms with Gasteiger partial charge in [-0.05, 0) is 36.4 Å². The summed E-state index contributed by atoms with van der Waals surface area (Å²) < 4.78 is 26.7. The van der Waals surface area contributed by atoms with E-state index < -0.39 is 5.82 Å². The lowest BCUT2D eigenvalue weighted by atomic mass is 10.2. The highest BCUT2D eigenvalue weighted by atomic mass is 19.1. The van der Waals surface area contributed by atoms with Gasteiger partial charge in [0.05, 0.1) is 16.6 Å². The van der Waals surface area contributed by atoms with Crippen LogP contribution in [-0.2, 0) is 0 Å². The number of halogens is 2. The van der Waals surface area contributed by atoms with Crippen LogP contribution in [-0.4, -0.2) is 9.97 Å². The molecule has 18 heavy (non-hydrogen) atoms. The highest BCUT2D eigenvalue weighted by Crippen LogP contribution is 2.25. The molecular formula is C13H9F2N3. The second-order valence-corrected chi connectivity index (χ2v) is 3.99. The highest BCUT2D eigenvalue weighted by Gasteiger charge is 2.10. The fraction of sp³-hybridized carbons (Fsp3) is 0. The summed E-state index contributed by atoms with van der Waals surface area (Å²) in [5.41, 5.74) is 7.42. The summed E-state index contributed by atoms with van der Waals surface area (Å²) in [4.78, 5) is 7.08. The molecule has 0 atom stereocenters. The molecule has 0 spiro atoms. The lowest BCUT2D eigenvalue weighted by Crippen LogP contribution is -1.90. The lowest BCUT2D eigenvalue weighted by Gasteiger charge is -2.00. The molecule has 0 fully saturated rings. The number of nitrogens with one attached hydrogen (secondary N) is 1. The van der Waals surface area contributed by atoms with Gasteiger partial charge in [-0.1, -0.05) is 0 Å². The van der Waals surface area contributed by atoms with Gasteiger partial charge in [-0.3, -0.25) is 0 Å². The third kappa shape index (κ3) is 1.69. The predicted molar refractivity (Wildman–Crippen MR) is 65.9 cm³/mol. The first-order valence-corrected chi connectivity index (χ1v) is 5.34. The van der Waals surface area contributed by atoms with Gasteiger partial charge >= 0.3 is 0 Å². The van der Waals surface area contributed by atoms with Crippen LogP contribution in [0.1, 0.15) is 0 Å². The predicted octanol–water partition coefficient (Wildman–Crippen LogP) is 3.09. The molecule has 0 bridgehead atoms. The normalized spacial score (nSPS) is 11.0. The van der Waals surface area contributed by atoms with E-state index in [0.29, 0.717) is 22.5 Å². The number of aromatic nitrogens is 2. The SMILES string of the molecule is Nc1ccc(F)c(-c2nc3ccc(F)cc3[nH]2)c1. The molecule has 3 rings (SSSR count). The van der Waals surface area contributed by atoms with Gasteiger partial charge in [0.25, 0.3) is 0 Å². The molecule has 0 radical (unpaired) electrons. The summed E-state index contributed by atoms with van der Waals surface area (Å²) in [5, 5.41) is 0. The number of nitrogens with two attached hydrogens (primary N) is 1. The largest absolute Gasteiger partial charge is 0.399 e. The first-order valence-electron chi connectivity index (χ1n) is 5.34. The number of hydrogen-bond acceptors (Lipinski definition) is 2. The fourth-order valence-electron chi connectivity index (χ4n) is 1.83. The zero-order valence-corrected chi connectivity index (χ0v) is 9.24. The van der Waals surface area contributed by atoms with Gasteiger partial charge in [-0.2, -0.15) is 0 Å². The number of aromatic amines is 1. The van der Waals surface area contributed by atoms with E-state index in [1.54, 1.807) is 0 Å². The van der Waals surface area contributed by atoms with Gasteiger partial charge in [0.15, 0.2) is 0 Å². The van der Waals surface area contributed by atoms with Crippen LogP contribution >= 0.6 is 0 Å². The molecule has 5 heteroatoms. The zero-order valence-electron chi connectivity index (χ0n) is 9.24. The van der Waals surface area contributed by atoms with Crippen LogP contribution in [0.5, 0.6) is 0 Å². The topological polar surface area (TPSA) is 54.7 Å². The van der Waals surface area contributed by atoms with Gasteiger partial charge < -0.3 is 10.7 Å². The van der Waals surface area contributed by atoms with Crippen LogP contribution in [0, 0.1) is 11.6 Å². The number of rotatable bonds is 1. The van der Waals surface area contributed by atoms with Crippen molar-refractivity contribution in [1.29, 1.82) is 0 Å². The van der Waals surface area contributed by atoms with Crippen molar-refractivity contribution >= 4 is 16.7 Å². The van der Waals surface area contributed by atoms with Crippen molar-refractivity contribution in [2.75, 3.05) is 5.73 Å². The summed E-state index contributed by atoms with van der Waals surface area (Å²) in [6, 6.07) is 8.40. The molecule has 0 aliphatic carbocycles. The van der Waals surface area contributed by atoms with Gasteiger partial charge in [0.2, 0.25) is 0 Å². The second kappa shape index (κ2) is 3.80. The van der Waals surface area contributed by atoms with Crippen LogP contribution in [0.15, 0.2) is 36.4 Å². The summed E-state index contributed by atoms with van der Waals surface area (Å²) >= 11 is 0. The number of nitrogen functional groups attached to an aromatic ring is 1. The Labute approximate surface area is 101 Å². The number of hydrogen-bond donors (Lipinski definition) is 2. The number of H-pyrrole nitrogens is 1. The molecule has 3 aromatic rings. The van der Waals surface area contributed by atoms with Crippen molar-refractivity contribution in [1.82, 2.24) is 9.97 Å². The highest BCUT2D eigenvalue weighted by molar-refractivity contribution is 5.79. The molecule has 90 valence electrons. The van der Waals surface area contributed by atoms with Crippen LogP contribution in [0.2, 0.25) is 0 Å². The lowest BCUT2D eigenvalue weighted by molar-refractivity contribution is 0.629. The van der Waals surface area contributed by atoms with Crippen molar-refractivity contribution in [3.63, 3.8) is 0 Å². The van der Waals surface area contributed by atoms with Crippen molar-refractivity contribution in [2.24, 2.45) is 0 Å². The van der Waals surface area contributed by atoms with Crippen molar-refractivity contribution < 1.29 is 8.78 Å². The molecule has 1 heterocycles. The standard InChI is InChI=1S/C13H9F2N3/c14-7-1-4-11-12(5-7)18-13(17-11)9-6-8(16)2-3-10(9)15/h1-6H,16H2,(H,17,18). The minimum atomic E-state index is -0.427. The van der Waals surface area contributed by atoms with E-state index in [4.69, 9.17) is 5.73 Å². The number of benzene rings is 2. The van der Waals surface area contributed by atoms with Gasteiger partial charge in [0, 0.05) is 5.69 Å². The Morgan fingerprint density at radius 2 is 1.89 bits per heavy atom. The maximum Gasteiger partial charge on any atom is 0.141 e. The summed E-state index contributed by atoms with van der Waals surface area (Å²) in [5.74, 6) is -0.463. The quantitative estimate of drug-likeness (QED) is 0.647. The third-order valence-electron chi connectivity index (χ3n) is 2.69. The molecule has 0 aliphatic heterocycles. The monoisotopic (exact) mass is 245 g/mol. The molecule has 2 aromatic carbocycles. The Hall–Kier alpha value is -2.43. The number of imidazole rings is 1. The van der Waals surface area contributed by atoms with Crippen molar-refractivity contribution in [3.05, 3.63) is 48.0 Å². The molecule has 0 saturated carbocycles. The Morgan fingerprint density at radius 3 is 2.72 bits per heavy atom. The molecule has 0 amide bonds. The number of anilines is 1. The Bertz CT molecular complexity index is 734. The maximum atomic E-state index is 13.7. The smallest absolute Gasteiger partial charge is 0.141 e. The minimum absolute atomic E-state index is 0.270. The van der Waals surface area contributed by atoms with Crippen LogP contribution in [0.3, 0.4) is 0 Å². The van der Waals surface area contributed by atoms with Crippen molar-refractivity contribution in [2.45, 2.75) is 0 Å². The van der Waals surface area contributed by atoms with E-state index in [1.807, 2.05) is 0 Å².